The Balaban J connectivity index is 2.24. The fourth-order valence-electron chi connectivity index (χ4n) is 2.31. The van der Waals surface area contributed by atoms with E-state index in [1.807, 2.05) is 6.92 Å². The van der Waals surface area contributed by atoms with Gasteiger partial charge in [-0.3, -0.25) is 0 Å². The minimum atomic E-state index is -0.138. The minimum absolute atomic E-state index is 0.138. The maximum atomic E-state index is 9.50. The first-order valence-corrected chi connectivity index (χ1v) is 6.06. The van der Waals surface area contributed by atoms with Crippen LogP contribution < -0.4 is 0 Å². The summed E-state index contributed by atoms with van der Waals surface area (Å²) < 4.78 is 5.10. The van der Waals surface area contributed by atoms with Crippen LogP contribution in [-0.2, 0) is 4.74 Å². The smallest absolute Gasteiger partial charge is 0.0541 e. The van der Waals surface area contributed by atoms with Crippen molar-refractivity contribution in [1.82, 2.24) is 4.90 Å². The Morgan fingerprint density at radius 1 is 1.33 bits per heavy atom. The lowest BCUT2D eigenvalue weighted by atomic mass is 9.91. The number of aliphatic hydroxyl groups is 1. The van der Waals surface area contributed by atoms with Gasteiger partial charge in [0.05, 0.1) is 6.10 Å². The molecule has 0 bridgehead atoms. The Kier molecular flexibility index (Phi) is 5.58. The molecule has 1 rings (SSSR count). The number of aliphatic hydroxyl groups excluding tert-OH is 1. The van der Waals surface area contributed by atoms with E-state index < -0.39 is 0 Å². The molecule has 3 nitrogen and oxygen atoms in total. The Labute approximate surface area is 93.4 Å². The van der Waals surface area contributed by atoms with E-state index in [1.54, 1.807) is 7.11 Å². The second-order valence-electron chi connectivity index (χ2n) is 4.74. The third-order valence-corrected chi connectivity index (χ3v) is 3.62. The van der Waals surface area contributed by atoms with Gasteiger partial charge in [-0.05, 0) is 52.1 Å². The summed E-state index contributed by atoms with van der Waals surface area (Å²) in [6.07, 6.45) is 3.24. The van der Waals surface area contributed by atoms with Gasteiger partial charge in [0, 0.05) is 19.8 Å². The third-order valence-electron chi connectivity index (χ3n) is 3.62. The summed E-state index contributed by atoms with van der Waals surface area (Å²) in [6, 6.07) is 0.611. The molecule has 1 N–H and O–H groups in total. The van der Waals surface area contributed by atoms with Crippen LogP contribution in [0.2, 0.25) is 0 Å². The fraction of sp³-hybridized carbons (Fsp3) is 1.00. The lowest BCUT2D eigenvalue weighted by Gasteiger charge is -2.37. The van der Waals surface area contributed by atoms with Crippen LogP contribution in [0.3, 0.4) is 0 Å². The van der Waals surface area contributed by atoms with Gasteiger partial charge in [0.1, 0.15) is 0 Å². The molecular weight excluding hydrogens is 190 g/mol. The van der Waals surface area contributed by atoms with Crippen LogP contribution >= 0.6 is 0 Å². The van der Waals surface area contributed by atoms with E-state index in [9.17, 15) is 5.11 Å². The summed E-state index contributed by atoms with van der Waals surface area (Å²) in [5, 5.41) is 9.50. The van der Waals surface area contributed by atoms with Crippen molar-refractivity contribution in [2.24, 2.45) is 5.92 Å². The Hall–Kier alpha value is -0.120. The van der Waals surface area contributed by atoms with Crippen molar-refractivity contribution >= 4 is 0 Å². The molecule has 2 unspecified atom stereocenters. The molecule has 1 saturated heterocycles. The minimum Gasteiger partial charge on any atom is -0.393 e. The molecule has 0 aromatic rings. The number of hydrogen-bond donors (Lipinski definition) is 1. The molecule has 0 aliphatic carbocycles. The van der Waals surface area contributed by atoms with Crippen molar-refractivity contribution in [3.05, 3.63) is 0 Å². The van der Waals surface area contributed by atoms with E-state index in [-0.39, 0.29) is 6.10 Å². The fourth-order valence-corrected chi connectivity index (χ4v) is 2.31. The van der Waals surface area contributed by atoms with Gasteiger partial charge in [-0.25, -0.2) is 0 Å². The van der Waals surface area contributed by atoms with Gasteiger partial charge >= 0.3 is 0 Å². The van der Waals surface area contributed by atoms with Crippen molar-refractivity contribution in [2.45, 2.75) is 45.3 Å². The zero-order valence-corrected chi connectivity index (χ0v) is 10.3. The SMILES string of the molecule is COCCC(C)N1CCC(C(C)O)CC1. The van der Waals surface area contributed by atoms with Crippen LogP contribution in [0.5, 0.6) is 0 Å². The van der Waals surface area contributed by atoms with Gasteiger partial charge in [0.2, 0.25) is 0 Å². The molecule has 15 heavy (non-hydrogen) atoms. The first kappa shape index (κ1) is 12.9. The molecule has 90 valence electrons. The van der Waals surface area contributed by atoms with Crippen molar-refractivity contribution < 1.29 is 9.84 Å². The standard InChI is InChI=1S/C12H25NO2/c1-10(6-9-15-3)13-7-4-12(5-8-13)11(2)14/h10-12,14H,4-9H2,1-3H3. The number of nitrogens with zero attached hydrogens (tertiary/aromatic N) is 1. The average molecular weight is 215 g/mol. The molecule has 0 saturated carbocycles. The Bertz CT molecular complexity index is 165. The normalized spacial score (nSPS) is 24.0. The quantitative estimate of drug-likeness (QED) is 0.754. The van der Waals surface area contributed by atoms with E-state index in [0.29, 0.717) is 12.0 Å². The monoisotopic (exact) mass is 215 g/mol. The van der Waals surface area contributed by atoms with E-state index in [2.05, 4.69) is 11.8 Å². The van der Waals surface area contributed by atoms with Crippen molar-refractivity contribution in [3.8, 4) is 0 Å². The zero-order valence-electron chi connectivity index (χ0n) is 10.3. The summed E-state index contributed by atoms with van der Waals surface area (Å²) in [7, 11) is 1.76. The molecule has 3 heteroatoms. The van der Waals surface area contributed by atoms with Gasteiger partial charge in [-0.1, -0.05) is 0 Å². The highest BCUT2D eigenvalue weighted by Gasteiger charge is 2.24. The van der Waals surface area contributed by atoms with Crippen LogP contribution in [0.15, 0.2) is 0 Å². The summed E-state index contributed by atoms with van der Waals surface area (Å²) >= 11 is 0. The largest absolute Gasteiger partial charge is 0.393 e. The third kappa shape index (κ3) is 4.09. The van der Waals surface area contributed by atoms with Crippen molar-refractivity contribution in [3.63, 3.8) is 0 Å². The van der Waals surface area contributed by atoms with Gasteiger partial charge in [-0.15, -0.1) is 0 Å². The average Bonchev–Trinajstić information content (AvgIpc) is 2.26. The topological polar surface area (TPSA) is 32.7 Å². The van der Waals surface area contributed by atoms with Gasteiger partial charge in [0.25, 0.3) is 0 Å². The van der Waals surface area contributed by atoms with Gasteiger partial charge in [0.15, 0.2) is 0 Å². The van der Waals surface area contributed by atoms with Crippen LogP contribution in [0.25, 0.3) is 0 Å². The molecule has 1 aliphatic rings. The zero-order chi connectivity index (χ0) is 11.3. The highest BCUT2D eigenvalue weighted by molar-refractivity contribution is 4.78. The molecule has 1 aliphatic heterocycles. The Morgan fingerprint density at radius 2 is 1.93 bits per heavy atom. The predicted molar refractivity (Wildman–Crippen MR) is 61.9 cm³/mol. The van der Waals surface area contributed by atoms with E-state index in [1.165, 1.54) is 0 Å². The molecular formula is C12H25NO2. The molecule has 0 radical (unpaired) electrons. The molecule has 2 atom stereocenters. The highest BCUT2D eigenvalue weighted by Crippen LogP contribution is 2.22. The number of methoxy groups -OCH3 is 1. The predicted octanol–water partition coefficient (Wildman–Crippen LogP) is 1.50. The van der Waals surface area contributed by atoms with Crippen LogP contribution in [-0.4, -0.2) is 49.0 Å². The number of likely N-dealkylation sites (tertiary alicyclic amines) is 1. The van der Waals surface area contributed by atoms with E-state index in [0.717, 1.165) is 39.0 Å². The van der Waals surface area contributed by atoms with E-state index in [4.69, 9.17) is 4.74 Å². The second-order valence-corrected chi connectivity index (χ2v) is 4.74. The first-order chi connectivity index (χ1) is 7.15. The Morgan fingerprint density at radius 3 is 2.40 bits per heavy atom. The van der Waals surface area contributed by atoms with Crippen molar-refractivity contribution in [1.29, 1.82) is 0 Å². The van der Waals surface area contributed by atoms with Crippen LogP contribution in [0.1, 0.15) is 33.1 Å². The lowest BCUT2D eigenvalue weighted by molar-refractivity contribution is 0.0512. The van der Waals surface area contributed by atoms with Crippen LogP contribution in [0, 0.1) is 5.92 Å². The number of rotatable bonds is 5. The molecule has 0 amide bonds. The molecule has 0 aromatic heterocycles. The van der Waals surface area contributed by atoms with Gasteiger partial charge < -0.3 is 14.7 Å². The van der Waals surface area contributed by atoms with Crippen molar-refractivity contribution in [2.75, 3.05) is 26.8 Å². The maximum absolute atomic E-state index is 9.50. The maximum Gasteiger partial charge on any atom is 0.0541 e. The highest BCUT2D eigenvalue weighted by atomic mass is 16.5. The molecule has 1 heterocycles. The van der Waals surface area contributed by atoms with E-state index >= 15 is 0 Å². The number of piperidine rings is 1. The lowest BCUT2D eigenvalue weighted by Crippen LogP contribution is -2.42. The summed E-state index contributed by atoms with van der Waals surface area (Å²) in [5.74, 6) is 0.510. The second kappa shape index (κ2) is 6.46. The van der Waals surface area contributed by atoms with Gasteiger partial charge in [-0.2, -0.15) is 0 Å². The number of ether oxygens (including phenoxy) is 1. The summed E-state index contributed by atoms with van der Waals surface area (Å²) in [4.78, 5) is 2.51. The van der Waals surface area contributed by atoms with Crippen LogP contribution in [0.4, 0.5) is 0 Å². The summed E-state index contributed by atoms with van der Waals surface area (Å²) in [5.41, 5.74) is 0. The molecule has 1 fully saturated rings. The molecule has 0 aromatic carbocycles. The summed E-state index contributed by atoms with van der Waals surface area (Å²) in [6.45, 7) is 7.27. The first-order valence-electron chi connectivity index (χ1n) is 6.06. The molecule has 0 spiro atoms. The number of hydrogen-bond acceptors (Lipinski definition) is 3.